The summed E-state index contributed by atoms with van der Waals surface area (Å²) in [6.07, 6.45) is -8.50. The van der Waals surface area contributed by atoms with Crippen LogP contribution in [-0.4, -0.2) is 102 Å². The lowest BCUT2D eigenvalue weighted by atomic mass is 10.1. The number of carbonyl (C=O) groups is 6. The molecule has 0 aliphatic carbocycles. The van der Waals surface area contributed by atoms with Crippen molar-refractivity contribution in [1.82, 2.24) is 18.3 Å². The van der Waals surface area contributed by atoms with Crippen LogP contribution in [0.5, 0.6) is 0 Å². The van der Waals surface area contributed by atoms with E-state index in [0.29, 0.717) is 9.13 Å². The van der Waals surface area contributed by atoms with E-state index in [1.807, 2.05) is 0 Å². The van der Waals surface area contributed by atoms with Gasteiger partial charge in [-0.1, -0.05) is 58.0 Å². The molecule has 4 aromatic rings. The molecule has 62 heavy (non-hydrogen) atoms. The minimum atomic E-state index is -1.49. The second kappa shape index (κ2) is 19.6. The van der Waals surface area contributed by atoms with Crippen molar-refractivity contribution in [2.75, 3.05) is 11.5 Å². The molecule has 20 nitrogen and oxygen atoms in total. The van der Waals surface area contributed by atoms with Gasteiger partial charge in [-0.2, -0.15) is 9.13 Å². The maximum absolute atomic E-state index is 13.8. The Bertz CT molecular complexity index is 2430. The van der Waals surface area contributed by atoms with Crippen LogP contribution in [0.1, 0.15) is 60.9 Å². The molecular formula is C40H38N4O16S2. The van der Waals surface area contributed by atoms with Crippen LogP contribution in [0, 0.1) is 0 Å². The molecular weight excluding hydrogens is 857 g/mol. The Hall–Kier alpha value is -6.36. The number of nitrogens with zero attached hydrogens (tertiary/aromatic N) is 4. The van der Waals surface area contributed by atoms with Gasteiger partial charge in [0.15, 0.2) is 36.9 Å². The molecule has 4 heterocycles. The highest BCUT2D eigenvalue weighted by Crippen LogP contribution is 2.40. The van der Waals surface area contributed by atoms with Crippen molar-refractivity contribution in [3.63, 3.8) is 0 Å². The molecule has 0 radical (unpaired) electrons. The van der Waals surface area contributed by atoms with Crippen LogP contribution in [0.3, 0.4) is 0 Å². The number of rotatable bonds is 13. The highest BCUT2D eigenvalue weighted by Gasteiger charge is 2.52. The zero-order valence-corrected chi connectivity index (χ0v) is 34.9. The number of carbonyl (C=O) groups excluding carboxylic acids is 6. The van der Waals surface area contributed by atoms with Crippen LogP contribution >= 0.6 is 21.6 Å². The van der Waals surface area contributed by atoms with Crippen molar-refractivity contribution in [3.8, 4) is 0 Å². The summed E-state index contributed by atoms with van der Waals surface area (Å²) in [5.41, 5.74) is -4.03. The van der Waals surface area contributed by atoms with Gasteiger partial charge in [-0.3, -0.25) is 47.5 Å². The van der Waals surface area contributed by atoms with E-state index < -0.39 is 107 Å². The molecule has 326 valence electrons. The summed E-state index contributed by atoms with van der Waals surface area (Å²) in [5.74, 6) is -5.12. The number of esters is 4. The minimum absolute atomic E-state index is 0.0258. The quantitative estimate of drug-likeness (QED) is 0.0795. The van der Waals surface area contributed by atoms with Gasteiger partial charge in [0.25, 0.3) is 22.9 Å². The summed E-state index contributed by atoms with van der Waals surface area (Å²) >= 11 is 0. The van der Waals surface area contributed by atoms with Crippen molar-refractivity contribution < 1.29 is 57.2 Å². The van der Waals surface area contributed by atoms with Gasteiger partial charge in [0.2, 0.25) is 0 Å². The first-order valence-electron chi connectivity index (χ1n) is 18.7. The Labute approximate surface area is 358 Å². The molecule has 8 atom stereocenters. The van der Waals surface area contributed by atoms with E-state index in [2.05, 4.69) is 0 Å². The minimum Gasteiger partial charge on any atom is -0.456 e. The van der Waals surface area contributed by atoms with E-state index in [1.165, 1.54) is 24.3 Å². The SMILES string of the molecule is CC(=O)O[C@@H]1[C@H](OC(C)=O)[C@@H](CSSC[C@H]2O[C@@H](n3ccc(=O)n(C(=O)c4ccccc4)c3=O)[C@H](OC(C)=O)[C@@H]2OC(C)=O)O[C@H]1n1ccc(=O)n(C(=O)c2ccccc2)c1=O. The van der Waals surface area contributed by atoms with Gasteiger partial charge < -0.3 is 28.4 Å². The van der Waals surface area contributed by atoms with Crippen molar-refractivity contribution in [2.45, 2.75) is 76.8 Å². The molecule has 6 rings (SSSR count). The molecule has 2 saturated heterocycles. The van der Waals surface area contributed by atoms with E-state index in [0.717, 1.165) is 82.9 Å². The van der Waals surface area contributed by atoms with Crippen molar-refractivity contribution >= 4 is 57.3 Å². The Morgan fingerprint density at radius 2 is 0.823 bits per heavy atom. The van der Waals surface area contributed by atoms with Crippen LogP contribution in [0.4, 0.5) is 0 Å². The molecule has 0 bridgehead atoms. The fraction of sp³-hybridized carbons (Fsp3) is 0.350. The van der Waals surface area contributed by atoms with Gasteiger partial charge >= 0.3 is 35.3 Å². The fourth-order valence-electron chi connectivity index (χ4n) is 6.83. The summed E-state index contributed by atoms with van der Waals surface area (Å²) in [6.45, 7) is 4.40. The summed E-state index contributed by atoms with van der Waals surface area (Å²) in [7, 11) is 2.23. The molecule has 0 saturated carbocycles. The highest BCUT2D eigenvalue weighted by atomic mass is 33.1. The summed E-state index contributed by atoms with van der Waals surface area (Å²) in [5, 5.41) is 0. The monoisotopic (exact) mass is 894 g/mol. The van der Waals surface area contributed by atoms with Crippen LogP contribution in [0.15, 0.2) is 104 Å². The first kappa shape index (κ1) is 45.2. The van der Waals surface area contributed by atoms with Crippen molar-refractivity contribution in [1.29, 1.82) is 0 Å². The van der Waals surface area contributed by atoms with E-state index in [4.69, 9.17) is 28.4 Å². The number of aromatic nitrogens is 4. The summed E-state index contributed by atoms with van der Waals surface area (Å²) in [6, 6.07) is 17.0. The third kappa shape index (κ3) is 9.88. The van der Waals surface area contributed by atoms with Crippen molar-refractivity contribution in [2.24, 2.45) is 0 Å². The fourth-order valence-corrected chi connectivity index (χ4v) is 9.21. The van der Waals surface area contributed by atoms with Crippen molar-refractivity contribution in [3.05, 3.63) is 138 Å². The predicted molar refractivity (Wildman–Crippen MR) is 217 cm³/mol. The molecule has 2 aromatic heterocycles. The van der Waals surface area contributed by atoms with Gasteiger partial charge in [-0.05, 0) is 24.3 Å². The average molecular weight is 895 g/mol. The Morgan fingerprint density at radius 1 is 0.500 bits per heavy atom. The normalized spacial score (nSPS) is 23.0. The molecule has 2 aliphatic rings. The third-order valence-corrected chi connectivity index (χ3v) is 11.8. The van der Waals surface area contributed by atoms with Gasteiger partial charge in [0.05, 0.1) is 0 Å². The first-order valence-corrected chi connectivity index (χ1v) is 21.2. The zero-order chi connectivity index (χ0) is 44.8. The van der Waals surface area contributed by atoms with Gasteiger partial charge in [0.1, 0.15) is 12.2 Å². The molecule has 0 amide bonds. The number of hydrogen-bond acceptors (Lipinski definition) is 18. The first-order chi connectivity index (χ1) is 29.6. The summed E-state index contributed by atoms with van der Waals surface area (Å²) in [4.78, 5) is 129. The number of benzene rings is 2. The largest absolute Gasteiger partial charge is 0.456 e. The average Bonchev–Trinajstić information content (AvgIpc) is 3.71. The molecule has 22 heteroatoms. The lowest BCUT2D eigenvalue weighted by Crippen LogP contribution is -2.47. The smallest absolute Gasteiger partial charge is 0.340 e. The Morgan fingerprint density at radius 3 is 1.15 bits per heavy atom. The number of ether oxygens (including phenoxy) is 6. The maximum Gasteiger partial charge on any atom is 0.340 e. The van der Waals surface area contributed by atoms with E-state index in [9.17, 15) is 47.9 Å². The van der Waals surface area contributed by atoms with Crippen LogP contribution in [0.25, 0.3) is 0 Å². The van der Waals surface area contributed by atoms with E-state index in [1.54, 1.807) is 36.4 Å². The van der Waals surface area contributed by atoms with Gasteiger partial charge in [0, 0.05) is 74.9 Å². The van der Waals surface area contributed by atoms with Crippen LogP contribution < -0.4 is 22.5 Å². The zero-order valence-electron chi connectivity index (χ0n) is 33.3. The lowest BCUT2D eigenvalue weighted by molar-refractivity contribution is -0.165. The second-order valence-electron chi connectivity index (χ2n) is 13.7. The Balaban J connectivity index is 1.25. The van der Waals surface area contributed by atoms with E-state index >= 15 is 0 Å². The Kier molecular flexibility index (Phi) is 14.3. The lowest BCUT2D eigenvalue weighted by Gasteiger charge is -2.24. The van der Waals surface area contributed by atoms with E-state index in [-0.39, 0.29) is 22.6 Å². The standard InChI is InChI=1S/C40H38N4O16S2/c1-21(45)55-31-27(59-37(33(31)57-23(3)47)41-17-15-29(49)43(39(41)53)35(51)25-11-7-5-8-12-25)19-61-62-20-28-32(56-22(2)46)34(58-24(4)48)38(60-28)42-18-16-30(50)44(40(42)54)36(52)26-13-9-6-10-14-26/h5-18,27-28,31-34,37-38H,19-20H2,1-4H3/t27-,28-,31-,32-,33-,34-,37-,38-/m1/s1. The van der Waals surface area contributed by atoms with Crippen LogP contribution in [0.2, 0.25) is 0 Å². The highest BCUT2D eigenvalue weighted by molar-refractivity contribution is 8.76. The molecule has 2 aromatic carbocycles. The predicted octanol–water partition coefficient (Wildman–Crippen LogP) is 1.31. The van der Waals surface area contributed by atoms with Gasteiger partial charge in [-0.15, -0.1) is 0 Å². The maximum atomic E-state index is 13.8. The molecule has 0 spiro atoms. The number of hydrogen-bond donors (Lipinski definition) is 0. The summed E-state index contributed by atoms with van der Waals surface area (Å²) < 4.78 is 37.1. The molecule has 0 N–H and O–H groups in total. The molecule has 2 aliphatic heterocycles. The third-order valence-electron chi connectivity index (χ3n) is 9.34. The second-order valence-corrected chi connectivity index (χ2v) is 16.2. The molecule has 2 fully saturated rings. The van der Waals surface area contributed by atoms with Gasteiger partial charge in [-0.25, -0.2) is 9.59 Å². The molecule has 0 unspecified atom stereocenters. The topological polar surface area (TPSA) is 246 Å². The van der Waals surface area contributed by atoms with Crippen LogP contribution in [-0.2, 0) is 47.6 Å².